The Labute approximate surface area is 213 Å². The van der Waals surface area contributed by atoms with Crippen molar-refractivity contribution >= 4 is 46.2 Å². The van der Waals surface area contributed by atoms with Crippen LogP contribution in [0.25, 0.3) is 11.8 Å². The highest BCUT2D eigenvalue weighted by molar-refractivity contribution is 8.18. The summed E-state index contributed by atoms with van der Waals surface area (Å²) in [6.45, 7) is 6.46. The fraction of sp³-hybridized carbons (Fsp3) is 0.143. The van der Waals surface area contributed by atoms with Crippen molar-refractivity contribution < 1.29 is 9.21 Å². The molecule has 1 aliphatic heterocycles. The Morgan fingerprint density at radius 3 is 2.57 bits per heavy atom. The number of aryl methyl sites for hydroxylation is 1. The molecule has 0 unspecified atom stereocenters. The SMILES string of the molecule is Cc1c(Cl)cccc1-n1c(C)cc(/C=C2/SC(=Nc3ccccc3)N(Cc3ccco3)C2=O)c1C. The van der Waals surface area contributed by atoms with Crippen LogP contribution < -0.4 is 0 Å². The first-order chi connectivity index (χ1) is 16.9. The molecule has 3 heterocycles. The number of amides is 1. The molecule has 2 aromatic carbocycles. The molecule has 0 saturated carbocycles. The molecule has 0 atom stereocenters. The zero-order chi connectivity index (χ0) is 24.5. The van der Waals surface area contributed by atoms with Gasteiger partial charge in [0, 0.05) is 22.1 Å². The van der Waals surface area contributed by atoms with Gasteiger partial charge >= 0.3 is 0 Å². The van der Waals surface area contributed by atoms with Gasteiger partial charge in [0.1, 0.15) is 5.76 Å². The number of hydrogen-bond donors (Lipinski definition) is 0. The van der Waals surface area contributed by atoms with Crippen molar-refractivity contribution in [2.24, 2.45) is 4.99 Å². The molecule has 1 saturated heterocycles. The van der Waals surface area contributed by atoms with Gasteiger partial charge < -0.3 is 8.98 Å². The molecule has 1 aliphatic rings. The summed E-state index contributed by atoms with van der Waals surface area (Å²) in [5.74, 6) is 0.611. The average Bonchev–Trinajstić information content (AvgIpc) is 3.53. The lowest BCUT2D eigenvalue weighted by Gasteiger charge is -2.14. The fourth-order valence-electron chi connectivity index (χ4n) is 4.19. The second-order valence-corrected chi connectivity index (χ2v) is 9.77. The summed E-state index contributed by atoms with van der Waals surface area (Å²) < 4.78 is 7.69. The summed E-state index contributed by atoms with van der Waals surface area (Å²) in [7, 11) is 0. The van der Waals surface area contributed by atoms with Crippen molar-refractivity contribution in [3.63, 3.8) is 0 Å². The normalized spacial score (nSPS) is 16.1. The third-order valence-electron chi connectivity index (χ3n) is 6.00. The number of aliphatic imine (C=N–C) groups is 1. The number of nitrogens with zero attached hydrogens (tertiary/aromatic N) is 3. The number of halogens is 1. The van der Waals surface area contributed by atoms with E-state index in [-0.39, 0.29) is 5.91 Å². The number of carbonyl (C=O) groups is 1. The molecular formula is C28H24ClN3O2S. The van der Waals surface area contributed by atoms with Crippen LogP contribution in [0.15, 0.2) is 87.3 Å². The number of rotatable bonds is 5. The zero-order valence-electron chi connectivity index (χ0n) is 19.7. The van der Waals surface area contributed by atoms with E-state index < -0.39 is 0 Å². The van der Waals surface area contributed by atoms with Gasteiger partial charge in [0.2, 0.25) is 0 Å². The van der Waals surface area contributed by atoms with Gasteiger partial charge in [-0.15, -0.1) is 0 Å². The highest BCUT2D eigenvalue weighted by Gasteiger charge is 2.34. The minimum atomic E-state index is -0.0928. The van der Waals surface area contributed by atoms with E-state index in [2.05, 4.69) is 30.5 Å². The molecule has 0 aliphatic carbocycles. The minimum absolute atomic E-state index is 0.0928. The highest BCUT2D eigenvalue weighted by Crippen LogP contribution is 2.36. The van der Waals surface area contributed by atoms with Crippen LogP contribution in [-0.2, 0) is 11.3 Å². The van der Waals surface area contributed by atoms with E-state index in [1.807, 2.05) is 67.6 Å². The van der Waals surface area contributed by atoms with Gasteiger partial charge in [-0.3, -0.25) is 9.69 Å². The molecule has 7 heteroatoms. The summed E-state index contributed by atoms with van der Waals surface area (Å²) >= 11 is 7.77. The molecule has 1 fully saturated rings. The number of amidine groups is 1. The van der Waals surface area contributed by atoms with E-state index in [9.17, 15) is 4.79 Å². The summed E-state index contributed by atoms with van der Waals surface area (Å²) in [4.78, 5) is 20.5. The Balaban J connectivity index is 1.54. The van der Waals surface area contributed by atoms with Crippen molar-refractivity contribution in [3.05, 3.63) is 111 Å². The molecule has 0 bridgehead atoms. The monoisotopic (exact) mass is 501 g/mol. The van der Waals surface area contributed by atoms with Crippen molar-refractivity contribution in [2.75, 3.05) is 0 Å². The van der Waals surface area contributed by atoms with Crippen LogP contribution in [-0.4, -0.2) is 20.5 Å². The maximum Gasteiger partial charge on any atom is 0.267 e. The molecule has 176 valence electrons. The lowest BCUT2D eigenvalue weighted by Crippen LogP contribution is -2.28. The van der Waals surface area contributed by atoms with Gasteiger partial charge in [-0.25, -0.2) is 4.99 Å². The van der Waals surface area contributed by atoms with Gasteiger partial charge in [0.25, 0.3) is 5.91 Å². The molecule has 0 N–H and O–H groups in total. The first-order valence-electron chi connectivity index (χ1n) is 11.2. The summed E-state index contributed by atoms with van der Waals surface area (Å²) in [6, 6.07) is 21.3. The predicted molar refractivity (Wildman–Crippen MR) is 143 cm³/mol. The first kappa shape index (κ1) is 23.3. The number of carbonyl (C=O) groups excluding carboxylic acids is 1. The van der Waals surface area contributed by atoms with Crippen LogP contribution in [0.5, 0.6) is 0 Å². The van der Waals surface area contributed by atoms with Gasteiger partial charge in [0.15, 0.2) is 5.17 Å². The quantitative estimate of drug-likeness (QED) is 0.267. The van der Waals surface area contributed by atoms with E-state index in [0.29, 0.717) is 22.4 Å². The van der Waals surface area contributed by atoms with Crippen LogP contribution >= 0.6 is 23.4 Å². The van der Waals surface area contributed by atoms with E-state index >= 15 is 0 Å². The Hall–Kier alpha value is -3.48. The third-order valence-corrected chi connectivity index (χ3v) is 7.42. The van der Waals surface area contributed by atoms with E-state index in [0.717, 1.165) is 38.9 Å². The molecule has 0 radical (unpaired) electrons. The van der Waals surface area contributed by atoms with Gasteiger partial charge in [-0.2, -0.15) is 0 Å². The molecule has 2 aromatic heterocycles. The van der Waals surface area contributed by atoms with Crippen LogP contribution in [0, 0.1) is 20.8 Å². The van der Waals surface area contributed by atoms with Gasteiger partial charge in [-0.05, 0) is 92.2 Å². The van der Waals surface area contributed by atoms with E-state index in [1.54, 1.807) is 11.2 Å². The van der Waals surface area contributed by atoms with Gasteiger partial charge in [-0.1, -0.05) is 35.9 Å². The maximum absolute atomic E-state index is 13.5. The summed E-state index contributed by atoms with van der Waals surface area (Å²) in [5, 5.41) is 1.36. The molecular weight excluding hydrogens is 478 g/mol. The Bertz CT molecular complexity index is 1450. The van der Waals surface area contributed by atoms with Crippen molar-refractivity contribution in [2.45, 2.75) is 27.3 Å². The Kier molecular flexibility index (Phi) is 6.41. The van der Waals surface area contributed by atoms with Crippen LogP contribution in [0.4, 0.5) is 5.69 Å². The number of furan rings is 1. The molecule has 5 rings (SSSR count). The maximum atomic E-state index is 13.5. The third kappa shape index (κ3) is 4.59. The molecule has 4 aromatic rings. The highest BCUT2D eigenvalue weighted by atomic mass is 35.5. The molecule has 0 spiro atoms. The largest absolute Gasteiger partial charge is 0.467 e. The van der Waals surface area contributed by atoms with Crippen molar-refractivity contribution in [3.8, 4) is 5.69 Å². The van der Waals surface area contributed by atoms with Crippen LogP contribution in [0.2, 0.25) is 5.02 Å². The average molecular weight is 502 g/mol. The van der Waals surface area contributed by atoms with Crippen LogP contribution in [0.1, 0.15) is 28.3 Å². The smallest absolute Gasteiger partial charge is 0.267 e. The Morgan fingerprint density at radius 2 is 1.83 bits per heavy atom. The second kappa shape index (κ2) is 9.64. The number of benzene rings is 2. The summed E-state index contributed by atoms with van der Waals surface area (Å²) in [5.41, 5.74) is 5.94. The fourth-order valence-corrected chi connectivity index (χ4v) is 5.34. The Morgan fingerprint density at radius 1 is 1.03 bits per heavy atom. The molecule has 1 amide bonds. The lowest BCUT2D eigenvalue weighted by atomic mass is 10.2. The van der Waals surface area contributed by atoms with E-state index in [1.165, 1.54) is 11.8 Å². The number of aromatic nitrogens is 1. The minimum Gasteiger partial charge on any atom is -0.467 e. The number of thioether (sulfide) groups is 1. The zero-order valence-corrected chi connectivity index (χ0v) is 21.2. The standard InChI is InChI=1S/C28H24ClN3O2S/c1-18-15-21(20(3)32(18)25-13-7-12-24(29)19(25)2)16-26-27(33)31(17-23-11-8-14-34-23)28(35-26)30-22-9-5-4-6-10-22/h4-16H,17H2,1-3H3/b26-16+,30-28?. The van der Waals surface area contributed by atoms with Gasteiger partial charge in [0.05, 0.1) is 23.4 Å². The second-order valence-electron chi connectivity index (χ2n) is 8.36. The van der Waals surface area contributed by atoms with Crippen molar-refractivity contribution in [1.29, 1.82) is 0 Å². The first-order valence-corrected chi connectivity index (χ1v) is 12.4. The van der Waals surface area contributed by atoms with Crippen molar-refractivity contribution in [1.82, 2.24) is 9.47 Å². The molecule has 35 heavy (non-hydrogen) atoms. The lowest BCUT2D eigenvalue weighted by molar-refractivity contribution is -0.122. The summed E-state index contributed by atoms with van der Waals surface area (Å²) in [6.07, 6.45) is 3.56. The number of hydrogen-bond acceptors (Lipinski definition) is 4. The predicted octanol–water partition coefficient (Wildman–Crippen LogP) is 7.45. The molecule has 5 nitrogen and oxygen atoms in total. The van der Waals surface area contributed by atoms with E-state index in [4.69, 9.17) is 21.0 Å². The number of para-hydroxylation sites is 1. The topological polar surface area (TPSA) is 50.7 Å². The van der Waals surface area contributed by atoms with Crippen LogP contribution in [0.3, 0.4) is 0 Å².